The van der Waals surface area contributed by atoms with E-state index in [-0.39, 0.29) is 22.6 Å². The third-order valence-corrected chi connectivity index (χ3v) is 7.27. The van der Waals surface area contributed by atoms with Crippen LogP contribution in [0, 0.1) is 0 Å². The maximum atomic E-state index is 7.75. The van der Waals surface area contributed by atoms with Crippen LogP contribution in [-0.2, 0) is 26.7 Å². The molecule has 0 N–H and O–H groups in total. The predicted molar refractivity (Wildman–Crippen MR) is 118 cm³/mol. The topological polar surface area (TPSA) is 62.3 Å². The maximum absolute atomic E-state index is 7.75. The molecule has 4 nitrogen and oxygen atoms in total. The standard InChI is InChI=1S/C19H33N2P.2CHO.Mn/c1-17(2,3)20-13-15-11-10-12-16(21-15)14-22(18(4,5)6)19(7,8)9;2*1-2;/h10-12,14H,13H2,1-9H3;2*1H;/q-2;2*-1;/p+1/b16-14-;;;. The van der Waals surface area contributed by atoms with Crippen molar-refractivity contribution in [1.82, 2.24) is 0 Å². The largest absolute Gasteiger partial charge is 0.660 e. The summed E-state index contributed by atoms with van der Waals surface area (Å²) in [7, 11) is -0.705. The van der Waals surface area contributed by atoms with Gasteiger partial charge >= 0.3 is 0 Å². The predicted octanol–water partition coefficient (Wildman–Crippen LogP) is 6.09. The Bertz CT molecular complexity index is 494. The summed E-state index contributed by atoms with van der Waals surface area (Å²) in [4.78, 5) is 15.5. The smallest absolute Gasteiger partial charge is 0.0738 e. The third-order valence-electron chi connectivity index (χ3n) is 3.45. The van der Waals surface area contributed by atoms with Crippen LogP contribution in [0.4, 0.5) is 0 Å². The maximum Gasteiger partial charge on any atom is 0.0738 e. The van der Waals surface area contributed by atoms with Gasteiger partial charge in [0.15, 0.2) is 0 Å². The van der Waals surface area contributed by atoms with Crippen molar-refractivity contribution in [3.8, 4) is 0 Å². The van der Waals surface area contributed by atoms with Gasteiger partial charge in [-0.1, -0.05) is 39.0 Å². The Kier molecular flexibility index (Phi) is 15.4. The molecule has 1 aliphatic rings. The second-order valence-electron chi connectivity index (χ2n) is 9.10. The van der Waals surface area contributed by atoms with Crippen LogP contribution in [0.3, 0.4) is 0 Å². The first kappa shape index (κ1) is 31.0. The van der Waals surface area contributed by atoms with Gasteiger partial charge in [0.05, 0.1) is 10.3 Å². The van der Waals surface area contributed by atoms with E-state index in [1.165, 1.54) is 0 Å². The molecule has 0 aromatic rings. The Balaban J connectivity index is -0.00000108. The normalized spacial score (nSPS) is 15.5. The Hall–Kier alpha value is -0.731. The fraction of sp³-hybridized carbons (Fsp3) is 0.619. The van der Waals surface area contributed by atoms with E-state index in [2.05, 4.69) is 105 Å². The molecule has 0 spiro atoms. The summed E-state index contributed by atoms with van der Waals surface area (Å²) in [5.41, 5.74) is 2.17. The van der Waals surface area contributed by atoms with E-state index in [1.54, 1.807) is 0 Å². The summed E-state index contributed by atoms with van der Waals surface area (Å²) in [5, 5.41) is 10.1. The van der Waals surface area contributed by atoms with Gasteiger partial charge in [-0.2, -0.15) is 5.70 Å². The van der Waals surface area contributed by atoms with Gasteiger partial charge < -0.3 is 20.2 Å². The Morgan fingerprint density at radius 1 is 0.963 bits per heavy atom. The first-order valence-electron chi connectivity index (χ1n) is 8.63. The van der Waals surface area contributed by atoms with Crippen molar-refractivity contribution in [1.29, 1.82) is 0 Å². The molecule has 1 rings (SSSR count). The average Bonchev–Trinajstić information content (AvgIpc) is 2.52. The van der Waals surface area contributed by atoms with Crippen molar-refractivity contribution >= 4 is 21.5 Å². The van der Waals surface area contributed by atoms with Crippen LogP contribution in [0.5, 0.6) is 0 Å². The van der Waals surface area contributed by atoms with Crippen LogP contribution in [0.1, 0.15) is 62.3 Å². The molecule has 0 aliphatic carbocycles. The van der Waals surface area contributed by atoms with Gasteiger partial charge in [-0.05, 0) is 41.5 Å². The fourth-order valence-electron chi connectivity index (χ4n) is 2.69. The first-order chi connectivity index (χ1) is 11.8. The molecule has 0 unspecified atom stereocenters. The molecule has 0 bridgehead atoms. The summed E-state index contributed by atoms with van der Waals surface area (Å²) >= 11 is 0. The van der Waals surface area contributed by atoms with E-state index in [0.717, 1.165) is 11.4 Å². The number of rotatable bonds is 3. The number of hydrogen-bond donors (Lipinski definition) is 0. The average molecular weight is 434 g/mol. The second kappa shape index (κ2) is 13.4. The Morgan fingerprint density at radius 3 is 1.78 bits per heavy atom. The molecule has 0 atom stereocenters. The van der Waals surface area contributed by atoms with E-state index in [4.69, 9.17) is 14.9 Å². The van der Waals surface area contributed by atoms with Crippen molar-refractivity contribution in [2.45, 2.75) is 78.2 Å². The van der Waals surface area contributed by atoms with Gasteiger partial charge in [0.25, 0.3) is 0 Å². The number of nitrogens with zero attached hydrogens (tertiary/aromatic N) is 2. The Labute approximate surface area is 178 Å². The number of allylic oxidation sites excluding steroid dienone is 3. The second-order valence-corrected chi connectivity index (χ2v) is 13.2. The van der Waals surface area contributed by atoms with Crippen molar-refractivity contribution in [2.75, 3.05) is 6.54 Å². The molecule has 6 heteroatoms. The van der Waals surface area contributed by atoms with Crippen molar-refractivity contribution < 1.29 is 26.7 Å². The van der Waals surface area contributed by atoms with E-state index >= 15 is 0 Å². The van der Waals surface area contributed by atoms with Crippen LogP contribution < -0.4 is 0 Å². The molecule has 0 saturated heterocycles. The molecule has 1 radical (unpaired) electrons. The monoisotopic (exact) mass is 434 g/mol. The zero-order valence-electron chi connectivity index (χ0n) is 18.3. The van der Waals surface area contributed by atoms with Crippen LogP contribution in [0.2, 0.25) is 0 Å². The Morgan fingerprint density at radius 2 is 1.41 bits per heavy atom. The molecule has 0 aromatic carbocycles. The number of carbonyl (C=O) groups excluding carboxylic acids is 2. The van der Waals surface area contributed by atoms with Crippen molar-refractivity contribution in [3.05, 3.63) is 46.1 Å². The quantitative estimate of drug-likeness (QED) is 0.234. The summed E-state index contributed by atoms with van der Waals surface area (Å²) < 4.78 is 0. The summed E-state index contributed by atoms with van der Waals surface area (Å²) in [6, 6.07) is 0. The minimum Gasteiger partial charge on any atom is -0.660 e. The molecule has 0 fully saturated rings. The molecule has 27 heavy (non-hydrogen) atoms. The summed E-state index contributed by atoms with van der Waals surface area (Å²) in [6.45, 7) is 27.7. The van der Waals surface area contributed by atoms with Crippen molar-refractivity contribution in [2.24, 2.45) is 0 Å². The minimum absolute atomic E-state index is 0. The van der Waals surface area contributed by atoms with Crippen LogP contribution in [0.25, 0.3) is 10.6 Å². The summed E-state index contributed by atoms with van der Waals surface area (Å²) in [6.07, 6.45) is 6.31. The van der Waals surface area contributed by atoms with Crippen LogP contribution >= 0.6 is 7.92 Å². The molecule has 157 valence electrons. The molecule has 1 aliphatic heterocycles. The van der Waals surface area contributed by atoms with Gasteiger partial charge in [0.2, 0.25) is 0 Å². The van der Waals surface area contributed by atoms with E-state index in [0.29, 0.717) is 16.9 Å². The van der Waals surface area contributed by atoms with Gasteiger partial charge in [0.1, 0.15) is 0 Å². The van der Waals surface area contributed by atoms with E-state index < -0.39 is 7.92 Å². The molecule has 0 saturated carbocycles. The minimum atomic E-state index is -0.705. The van der Waals surface area contributed by atoms with Crippen LogP contribution in [-0.4, -0.2) is 36.0 Å². The molecular formula is C21H36MnN2O2P-3. The fourth-order valence-corrected chi connectivity index (χ4v) is 6.26. The molecule has 1 heterocycles. The van der Waals surface area contributed by atoms with E-state index in [9.17, 15) is 0 Å². The molecule has 0 aromatic heterocycles. The third kappa shape index (κ3) is 14.0. The SMILES string of the molecule is CC(C)(C)[N-]CC1=CC=C/C(=C/[PH+](C(C)(C)C)C(C)(C)C)[N-]1.[CH-]=O.[CH-]=O.[Mn]. The molecule has 0 amide bonds. The molecular weight excluding hydrogens is 398 g/mol. The number of hydrogen-bond acceptors (Lipinski definition) is 2. The zero-order valence-corrected chi connectivity index (χ0v) is 20.4. The van der Waals surface area contributed by atoms with E-state index in [1.807, 2.05) is 0 Å². The van der Waals surface area contributed by atoms with Crippen LogP contribution in [0.15, 0.2) is 35.4 Å². The van der Waals surface area contributed by atoms with Gasteiger partial charge in [-0.15, -0.1) is 17.8 Å². The van der Waals surface area contributed by atoms with Gasteiger partial charge in [-0.25, -0.2) is 0 Å². The first-order valence-corrected chi connectivity index (χ1v) is 10.2. The summed E-state index contributed by atoms with van der Waals surface area (Å²) in [5.74, 6) is 2.44. The van der Waals surface area contributed by atoms with Crippen molar-refractivity contribution in [3.63, 3.8) is 0 Å². The van der Waals surface area contributed by atoms with Gasteiger partial charge in [0, 0.05) is 30.8 Å². The van der Waals surface area contributed by atoms with Gasteiger partial charge in [-0.3, -0.25) is 13.6 Å². The zero-order chi connectivity index (χ0) is 21.2.